The lowest BCUT2D eigenvalue weighted by atomic mass is 9.79. The topological polar surface area (TPSA) is 26.0 Å². The Labute approximate surface area is 87.3 Å². The van der Waals surface area contributed by atoms with E-state index in [0.29, 0.717) is 5.92 Å². The number of hydrogen-bond donors (Lipinski definition) is 1. The summed E-state index contributed by atoms with van der Waals surface area (Å²) in [5.74, 6) is 0.523. The summed E-state index contributed by atoms with van der Waals surface area (Å²) in [5, 5.41) is 0. The van der Waals surface area contributed by atoms with E-state index in [0.717, 1.165) is 0 Å². The molecule has 0 radical (unpaired) electrons. The van der Waals surface area contributed by atoms with Gasteiger partial charge in [-0.15, -0.1) is 0 Å². The summed E-state index contributed by atoms with van der Waals surface area (Å²) < 4.78 is 0. The van der Waals surface area contributed by atoms with Crippen molar-refractivity contribution in [3.63, 3.8) is 0 Å². The zero-order valence-electron chi connectivity index (χ0n) is 9.46. The molecule has 2 unspecified atom stereocenters. The largest absolute Gasteiger partial charge is 0.321 e. The molecule has 1 rings (SSSR count). The molecule has 0 aliphatic carbocycles. The van der Waals surface area contributed by atoms with Crippen LogP contribution >= 0.6 is 0 Å². The van der Waals surface area contributed by atoms with Crippen molar-refractivity contribution in [3.05, 3.63) is 35.9 Å². The molecule has 78 valence electrons. The van der Waals surface area contributed by atoms with E-state index in [1.54, 1.807) is 0 Å². The second kappa shape index (κ2) is 4.61. The van der Waals surface area contributed by atoms with Crippen LogP contribution in [0.4, 0.5) is 0 Å². The van der Waals surface area contributed by atoms with E-state index in [-0.39, 0.29) is 5.54 Å². The highest BCUT2D eigenvalue weighted by atomic mass is 14.7. The molecule has 2 atom stereocenters. The van der Waals surface area contributed by atoms with Gasteiger partial charge in [-0.05, 0) is 24.8 Å². The molecule has 0 saturated carbocycles. The molecule has 0 bridgehead atoms. The maximum Gasteiger partial charge on any atom is 0.0406 e. The molecule has 1 nitrogen and oxygen atoms in total. The minimum atomic E-state index is -0.197. The molecule has 0 heterocycles. The summed E-state index contributed by atoms with van der Waals surface area (Å²) in [6.07, 6.45) is 2.38. The third kappa shape index (κ3) is 2.36. The van der Waals surface area contributed by atoms with Gasteiger partial charge in [0.1, 0.15) is 0 Å². The van der Waals surface area contributed by atoms with E-state index in [2.05, 4.69) is 45.0 Å². The summed E-state index contributed by atoms with van der Waals surface area (Å²) >= 11 is 0. The first-order valence-corrected chi connectivity index (χ1v) is 5.43. The normalized spacial score (nSPS) is 17.4. The average molecular weight is 191 g/mol. The van der Waals surface area contributed by atoms with Crippen molar-refractivity contribution in [1.82, 2.24) is 0 Å². The van der Waals surface area contributed by atoms with Crippen molar-refractivity contribution >= 4 is 0 Å². The summed E-state index contributed by atoms with van der Waals surface area (Å²) in [4.78, 5) is 0. The van der Waals surface area contributed by atoms with Crippen molar-refractivity contribution in [2.45, 2.75) is 39.2 Å². The lowest BCUT2D eigenvalue weighted by molar-refractivity contribution is 0.304. The molecule has 0 saturated heterocycles. The van der Waals surface area contributed by atoms with E-state index in [4.69, 9.17) is 5.73 Å². The maximum atomic E-state index is 6.37. The predicted molar refractivity (Wildman–Crippen MR) is 62.1 cm³/mol. The smallest absolute Gasteiger partial charge is 0.0406 e. The minimum Gasteiger partial charge on any atom is -0.321 e. The second-order valence-corrected chi connectivity index (χ2v) is 4.34. The maximum absolute atomic E-state index is 6.37. The van der Waals surface area contributed by atoms with Gasteiger partial charge >= 0.3 is 0 Å². The number of hydrogen-bond acceptors (Lipinski definition) is 1. The Hall–Kier alpha value is -0.820. The van der Waals surface area contributed by atoms with Crippen LogP contribution in [0.25, 0.3) is 0 Å². The molecular weight excluding hydrogens is 170 g/mol. The van der Waals surface area contributed by atoms with Gasteiger partial charge in [0, 0.05) is 5.54 Å². The summed E-state index contributed by atoms with van der Waals surface area (Å²) in [5.41, 5.74) is 7.41. The zero-order chi connectivity index (χ0) is 10.6. The zero-order valence-corrected chi connectivity index (χ0v) is 9.46. The highest BCUT2D eigenvalue weighted by Crippen LogP contribution is 2.29. The van der Waals surface area contributed by atoms with Crippen LogP contribution in [0.15, 0.2) is 30.3 Å². The number of benzene rings is 1. The Kier molecular flexibility index (Phi) is 3.70. The molecular formula is C13H21N. The molecule has 0 aliphatic rings. The highest BCUT2D eigenvalue weighted by Gasteiger charge is 2.27. The Bertz CT molecular complexity index is 264. The highest BCUT2D eigenvalue weighted by molar-refractivity contribution is 5.23. The molecule has 1 aromatic carbocycles. The van der Waals surface area contributed by atoms with Gasteiger partial charge in [0.25, 0.3) is 0 Å². The molecule has 0 fully saturated rings. The van der Waals surface area contributed by atoms with E-state index in [1.807, 2.05) is 6.07 Å². The van der Waals surface area contributed by atoms with Crippen LogP contribution in [0, 0.1) is 5.92 Å². The molecule has 0 aromatic heterocycles. The minimum absolute atomic E-state index is 0.197. The average Bonchev–Trinajstić information content (AvgIpc) is 2.19. The Morgan fingerprint density at radius 1 is 1.29 bits per heavy atom. The van der Waals surface area contributed by atoms with E-state index in [1.165, 1.54) is 18.4 Å². The van der Waals surface area contributed by atoms with Crippen LogP contribution in [0.5, 0.6) is 0 Å². The summed E-state index contributed by atoms with van der Waals surface area (Å²) in [6.45, 7) is 6.57. The van der Waals surface area contributed by atoms with Gasteiger partial charge in [0.15, 0.2) is 0 Å². The fraction of sp³-hybridized carbons (Fsp3) is 0.538. The third-order valence-corrected chi connectivity index (χ3v) is 3.14. The molecule has 0 amide bonds. The van der Waals surface area contributed by atoms with Crippen LogP contribution in [-0.2, 0) is 5.54 Å². The van der Waals surface area contributed by atoms with Gasteiger partial charge in [-0.2, -0.15) is 0 Å². The van der Waals surface area contributed by atoms with Gasteiger partial charge in [-0.1, -0.05) is 50.6 Å². The van der Waals surface area contributed by atoms with Crippen LogP contribution in [-0.4, -0.2) is 0 Å². The van der Waals surface area contributed by atoms with Gasteiger partial charge in [0.05, 0.1) is 0 Å². The molecule has 1 aromatic rings. The van der Waals surface area contributed by atoms with Gasteiger partial charge in [-0.3, -0.25) is 0 Å². The molecule has 1 heteroatoms. The molecule has 0 aliphatic heterocycles. The fourth-order valence-electron chi connectivity index (χ4n) is 1.81. The monoisotopic (exact) mass is 191 g/mol. The Morgan fingerprint density at radius 2 is 1.86 bits per heavy atom. The summed E-state index contributed by atoms with van der Waals surface area (Å²) in [6, 6.07) is 10.4. The van der Waals surface area contributed by atoms with Crippen LogP contribution in [0.1, 0.15) is 39.2 Å². The Balaban J connectivity index is 2.84. The summed E-state index contributed by atoms with van der Waals surface area (Å²) in [7, 11) is 0. The molecule has 0 spiro atoms. The van der Waals surface area contributed by atoms with Crippen molar-refractivity contribution in [2.75, 3.05) is 0 Å². The van der Waals surface area contributed by atoms with Crippen molar-refractivity contribution in [3.8, 4) is 0 Å². The standard InChI is InChI=1S/C13H21N/c1-4-8-11(2)13(3,14)12-9-6-5-7-10-12/h5-7,9-11H,4,8,14H2,1-3H3. The first-order chi connectivity index (χ1) is 6.59. The van der Waals surface area contributed by atoms with E-state index >= 15 is 0 Å². The first-order valence-electron chi connectivity index (χ1n) is 5.43. The second-order valence-electron chi connectivity index (χ2n) is 4.34. The lowest BCUT2D eigenvalue weighted by Gasteiger charge is -2.32. The number of rotatable bonds is 4. The van der Waals surface area contributed by atoms with E-state index in [9.17, 15) is 0 Å². The first kappa shape index (κ1) is 11.3. The van der Waals surface area contributed by atoms with Gasteiger partial charge in [0.2, 0.25) is 0 Å². The third-order valence-electron chi connectivity index (χ3n) is 3.14. The van der Waals surface area contributed by atoms with Gasteiger partial charge < -0.3 is 5.73 Å². The van der Waals surface area contributed by atoms with Gasteiger partial charge in [-0.25, -0.2) is 0 Å². The van der Waals surface area contributed by atoms with Crippen molar-refractivity contribution < 1.29 is 0 Å². The van der Waals surface area contributed by atoms with Crippen LogP contribution in [0.2, 0.25) is 0 Å². The molecule has 14 heavy (non-hydrogen) atoms. The molecule has 2 N–H and O–H groups in total. The lowest BCUT2D eigenvalue weighted by Crippen LogP contribution is -2.39. The predicted octanol–water partition coefficient (Wildman–Crippen LogP) is 3.30. The quantitative estimate of drug-likeness (QED) is 0.776. The SMILES string of the molecule is CCCC(C)C(C)(N)c1ccccc1. The number of nitrogens with two attached hydrogens (primary N) is 1. The van der Waals surface area contributed by atoms with Crippen LogP contribution in [0.3, 0.4) is 0 Å². The van der Waals surface area contributed by atoms with E-state index < -0.39 is 0 Å². The Morgan fingerprint density at radius 3 is 2.36 bits per heavy atom. The van der Waals surface area contributed by atoms with Crippen LogP contribution < -0.4 is 5.73 Å². The fourth-order valence-corrected chi connectivity index (χ4v) is 1.81. The van der Waals surface area contributed by atoms with Crippen molar-refractivity contribution in [1.29, 1.82) is 0 Å². The van der Waals surface area contributed by atoms with Crippen molar-refractivity contribution in [2.24, 2.45) is 11.7 Å².